The number of aryl methyl sites for hydroxylation is 2. The van der Waals surface area contributed by atoms with Crippen molar-refractivity contribution >= 4 is 46.6 Å². The number of ether oxygens (including phenoxy) is 1. The Hall–Kier alpha value is -4.68. The molecule has 1 N–H and O–H groups in total. The lowest BCUT2D eigenvalue weighted by molar-refractivity contribution is -0.194. The third kappa shape index (κ3) is 9.66. The third-order valence-electron chi connectivity index (χ3n) is 9.64. The van der Waals surface area contributed by atoms with Crippen LogP contribution in [0.1, 0.15) is 100 Å². The lowest BCUT2D eigenvalue weighted by atomic mass is 9.75. The van der Waals surface area contributed by atoms with E-state index in [-0.39, 0.29) is 24.3 Å². The van der Waals surface area contributed by atoms with Crippen molar-refractivity contribution in [1.82, 2.24) is 24.7 Å². The summed E-state index contributed by atoms with van der Waals surface area (Å²) in [6.07, 6.45) is 2.77. The number of carbonyl (C=O) groups is 6. The van der Waals surface area contributed by atoms with E-state index in [2.05, 4.69) is 11.4 Å². The first kappa shape index (κ1) is 42.7. The molecule has 13 heteroatoms. The number of hydrogen-bond donors (Lipinski definition) is 1. The molecule has 1 saturated heterocycles. The van der Waals surface area contributed by atoms with E-state index in [4.69, 9.17) is 9.57 Å². The van der Waals surface area contributed by atoms with Gasteiger partial charge < -0.3 is 24.4 Å². The topological polar surface area (TPSA) is 148 Å². The molecular formula is C40H59N5O8. The van der Waals surface area contributed by atoms with Crippen molar-refractivity contribution in [3.63, 3.8) is 0 Å². The van der Waals surface area contributed by atoms with E-state index in [1.165, 1.54) is 23.8 Å². The second-order valence-corrected chi connectivity index (χ2v) is 17.2. The molecule has 0 saturated carbocycles. The SMILES string of the molecule is C/C(=C\[C@H](C(C)C)N(C)C(=O)[C@@H](NC(=O)[C@@H](N(C)C(=O)OC(C)(C)C)C(C)(C)c1cn(C)c2ccc(C)cc12)C(C)(C)C)C(=O)ON1C(=O)CCC1=O. The van der Waals surface area contributed by atoms with Crippen LogP contribution in [0.15, 0.2) is 36.0 Å². The van der Waals surface area contributed by atoms with Crippen LogP contribution in [0.2, 0.25) is 0 Å². The summed E-state index contributed by atoms with van der Waals surface area (Å²) >= 11 is 0. The van der Waals surface area contributed by atoms with Crippen LogP contribution in [0.4, 0.5) is 4.79 Å². The van der Waals surface area contributed by atoms with Crippen LogP contribution in [0, 0.1) is 18.3 Å². The molecule has 0 bridgehead atoms. The summed E-state index contributed by atoms with van der Waals surface area (Å²) < 4.78 is 7.73. The fraction of sp³-hybridized carbons (Fsp3) is 0.600. The van der Waals surface area contributed by atoms with Gasteiger partial charge in [0.1, 0.15) is 17.7 Å². The molecule has 0 unspecified atom stereocenters. The maximum atomic E-state index is 14.8. The highest BCUT2D eigenvalue weighted by atomic mass is 16.7. The Morgan fingerprint density at radius 3 is 2.00 bits per heavy atom. The molecule has 3 rings (SSSR count). The van der Waals surface area contributed by atoms with Crippen molar-refractivity contribution in [1.29, 1.82) is 0 Å². The molecule has 1 aromatic heterocycles. The van der Waals surface area contributed by atoms with E-state index in [9.17, 15) is 28.8 Å². The predicted molar refractivity (Wildman–Crippen MR) is 202 cm³/mol. The highest BCUT2D eigenvalue weighted by Gasteiger charge is 2.47. The second kappa shape index (κ2) is 15.7. The van der Waals surface area contributed by atoms with Gasteiger partial charge >= 0.3 is 12.1 Å². The number of benzene rings is 1. The molecule has 53 heavy (non-hydrogen) atoms. The molecule has 1 aliphatic rings. The quantitative estimate of drug-likeness (QED) is 0.233. The number of likely N-dealkylation sites (N-methyl/N-ethyl adjacent to an activating group) is 2. The van der Waals surface area contributed by atoms with Crippen molar-refractivity contribution in [2.24, 2.45) is 18.4 Å². The molecule has 13 nitrogen and oxygen atoms in total. The highest BCUT2D eigenvalue weighted by molar-refractivity contribution is 6.02. The van der Waals surface area contributed by atoms with Gasteiger partial charge in [-0.15, -0.1) is 5.06 Å². The minimum absolute atomic E-state index is 0.0339. The van der Waals surface area contributed by atoms with Gasteiger partial charge in [0.05, 0.1) is 6.04 Å². The molecule has 0 aliphatic carbocycles. The Labute approximate surface area is 313 Å². The first-order valence-electron chi connectivity index (χ1n) is 18.0. The Morgan fingerprint density at radius 1 is 0.925 bits per heavy atom. The molecule has 1 fully saturated rings. The molecule has 1 aromatic carbocycles. The maximum Gasteiger partial charge on any atom is 0.410 e. The fourth-order valence-corrected chi connectivity index (χ4v) is 6.70. The van der Waals surface area contributed by atoms with E-state index >= 15 is 0 Å². The van der Waals surface area contributed by atoms with Gasteiger partial charge in [-0.3, -0.25) is 24.1 Å². The summed E-state index contributed by atoms with van der Waals surface area (Å²) in [6, 6.07) is 3.27. The van der Waals surface area contributed by atoms with Gasteiger partial charge in [-0.2, -0.15) is 0 Å². The zero-order valence-electron chi connectivity index (χ0n) is 34.2. The standard InChI is InChI=1S/C40H59N5O8/c1-23(2)29(21-25(4)36(50)53-45-30(46)18-19-31(45)47)43(14)35(49)32(38(5,6)7)41-34(48)33(44(15)37(51)52-39(8,9)10)40(11,12)27-22-42(13)28-17-16-24(3)20-26(27)28/h16-17,20-23,29,32-33H,18-19H2,1-15H3,(H,41,48)/b25-21+/t29-,32-,33-/m1/s1. The van der Waals surface area contributed by atoms with Crippen LogP contribution < -0.4 is 5.32 Å². The summed E-state index contributed by atoms with van der Waals surface area (Å²) in [6.45, 7) is 21.8. The van der Waals surface area contributed by atoms with Gasteiger partial charge in [0.25, 0.3) is 11.8 Å². The molecule has 1 aliphatic heterocycles. The average molecular weight is 738 g/mol. The molecule has 3 atom stereocenters. The third-order valence-corrected chi connectivity index (χ3v) is 9.64. The van der Waals surface area contributed by atoms with Gasteiger partial charge in [0.15, 0.2) is 0 Å². The van der Waals surface area contributed by atoms with Gasteiger partial charge in [-0.1, -0.05) is 66.2 Å². The van der Waals surface area contributed by atoms with Gasteiger partial charge in [-0.05, 0) is 63.6 Å². The number of amides is 5. The van der Waals surface area contributed by atoms with E-state index in [0.717, 1.165) is 22.0 Å². The number of rotatable bonds is 11. The van der Waals surface area contributed by atoms with Crippen molar-refractivity contribution < 1.29 is 38.3 Å². The van der Waals surface area contributed by atoms with Crippen molar-refractivity contribution in [2.45, 2.75) is 125 Å². The molecule has 0 radical (unpaired) electrons. The normalized spacial score (nSPS) is 16.1. The zero-order chi connectivity index (χ0) is 40.5. The van der Waals surface area contributed by atoms with Crippen LogP contribution in [0.5, 0.6) is 0 Å². The molecule has 0 spiro atoms. The molecule has 292 valence electrons. The second-order valence-electron chi connectivity index (χ2n) is 17.2. The Morgan fingerprint density at radius 2 is 1.49 bits per heavy atom. The lowest BCUT2D eigenvalue weighted by Crippen LogP contribution is -2.63. The van der Waals surface area contributed by atoms with E-state index < -0.39 is 70.2 Å². The first-order valence-corrected chi connectivity index (χ1v) is 18.0. The predicted octanol–water partition coefficient (Wildman–Crippen LogP) is 5.57. The Bertz CT molecular complexity index is 1780. The molecule has 2 aromatic rings. The van der Waals surface area contributed by atoms with Gasteiger partial charge in [0, 0.05) is 62.1 Å². The van der Waals surface area contributed by atoms with E-state index in [1.54, 1.807) is 33.9 Å². The summed E-state index contributed by atoms with van der Waals surface area (Å²) in [7, 11) is 5.05. The van der Waals surface area contributed by atoms with Gasteiger partial charge in [-0.25, -0.2) is 9.59 Å². The smallest absolute Gasteiger partial charge is 0.410 e. The van der Waals surface area contributed by atoms with E-state index in [1.807, 2.05) is 85.3 Å². The van der Waals surface area contributed by atoms with Crippen LogP contribution in [-0.2, 0) is 46.0 Å². The summed E-state index contributed by atoms with van der Waals surface area (Å²) in [5.74, 6) is -3.25. The first-order chi connectivity index (χ1) is 24.2. The number of imide groups is 1. The zero-order valence-corrected chi connectivity index (χ0v) is 34.2. The van der Waals surface area contributed by atoms with Crippen LogP contribution in [0.25, 0.3) is 10.9 Å². The van der Waals surface area contributed by atoms with Gasteiger partial charge in [0.2, 0.25) is 11.8 Å². The number of hydrogen-bond acceptors (Lipinski definition) is 8. The summed E-state index contributed by atoms with van der Waals surface area (Å²) in [4.78, 5) is 87.8. The summed E-state index contributed by atoms with van der Waals surface area (Å²) in [5, 5.41) is 4.45. The summed E-state index contributed by atoms with van der Waals surface area (Å²) in [5.41, 5.74) is 0.328. The monoisotopic (exact) mass is 737 g/mol. The number of fused-ring (bicyclic) bond motifs is 1. The molecule has 5 amide bonds. The van der Waals surface area contributed by atoms with Crippen molar-refractivity contribution in [3.05, 3.63) is 47.2 Å². The number of aromatic nitrogens is 1. The van der Waals surface area contributed by atoms with Crippen LogP contribution in [-0.4, -0.2) is 92.9 Å². The van der Waals surface area contributed by atoms with E-state index in [0.29, 0.717) is 5.06 Å². The maximum absolute atomic E-state index is 14.8. The Kier molecular flexibility index (Phi) is 12.7. The highest BCUT2D eigenvalue weighted by Crippen LogP contribution is 2.38. The number of hydroxylamine groups is 2. The van der Waals surface area contributed by atoms with Crippen molar-refractivity contribution in [2.75, 3.05) is 14.1 Å². The lowest BCUT2D eigenvalue weighted by Gasteiger charge is -2.42. The Balaban J connectivity index is 2.04. The number of nitrogens with zero attached hydrogens (tertiary/aromatic N) is 4. The molecule has 2 heterocycles. The molecular weight excluding hydrogens is 678 g/mol. The average Bonchev–Trinajstić information content (AvgIpc) is 3.53. The number of carbonyl (C=O) groups excluding carboxylic acids is 6. The number of nitrogens with one attached hydrogen (secondary N) is 1. The minimum atomic E-state index is -1.12. The minimum Gasteiger partial charge on any atom is -0.444 e. The van der Waals surface area contributed by atoms with Crippen LogP contribution in [0.3, 0.4) is 0 Å². The van der Waals surface area contributed by atoms with Crippen molar-refractivity contribution in [3.8, 4) is 0 Å². The fourth-order valence-electron chi connectivity index (χ4n) is 6.70. The van der Waals surface area contributed by atoms with Crippen LogP contribution >= 0.6 is 0 Å². The largest absolute Gasteiger partial charge is 0.444 e.